The zero-order chi connectivity index (χ0) is 22.7. The Hall–Kier alpha value is -3.64. The zero-order valence-electron chi connectivity index (χ0n) is 18.9. The van der Waals surface area contributed by atoms with Crippen LogP contribution >= 0.6 is 0 Å². The summed E-state index contributed by atoms with van der Waals surface area (Å²) < 4.78 is 11.9. The van der Waals surface area contributed by atoms with Crippen LogP contribution in [-0.2, 0) is 4.74 Å². The Labute approximate surface area is 192 Å². The van der Waals surface area contributed by atoms with Crippen molar-refractivity contribution >= 4 is 33.7 Å². The van der Waals surface area contributed by atoms with Crippen molar-refractivity contribution in [2.75, 3.05) is 23.3 Å². The Bertz CT molecular complexity index is 1400. The molecule has 0 amide bonds. The van der Waals surface area contributed by atoms with Gasteiger partial charge in [0.2, 0.25) is 0 Å². The molecule has 0 radical (unpaired) electrons. The topological polar surface area (TPSA) is 67.6 Å². The van der Waals surface area contributed by atoms with Gasteiger partial charge in [-0.05, 0) is 38.5 Å². The quantitative estimate of drug-likeness (QED) is 0.389. The number of fused-ring (bicyclic) bond motifs is 2. The lowest BCUT2D eigenvalue weighted by Gasteiger charge is -2.37. The van der Waals surface area contributed by atoms with Crippen LogP contribution in [0.1, 0.15) is 35.3 Å². The number of hydrogen-bond acceptors (Lipinski definition) is 6. The van der Waals surface area contributed by atoms with Crippen LogP contribution in [0.5, 0.6) is 0 Å². The van der Waals surface area contributed by atoms with Crippen molar-refractivity contribution in [2.45, 2.75) is 33.0 Å². The van der Waals surface area contributed by atoms with E-state index in [-0.39, 0.29) is 18.0 Å². The second-order valence-corrected chi connectivity index (χ2v) is 9.03. The molecule has 0 saturated carbocycles. The molecule has 1 aliphatic heterocycles. The first-order valence-corrected chi connectivity index (χ1v) is 11.3. The second kappa shape index (κ2) is 7.46. The molecular weight excluding hydrogens is 414 g/mol. The van der Waals surface area contributed by atoms with Crippen molar-refractivity contribution < 1.29 is 14.1 Å². The molecule has 1 N–H and O–H groups in total. The number of morpholine rings is 1. The van der Waals surface area contributed by atoms with Gasteiger partial charge in [-0.3, -0.25) is 4.79 Å². The van der Waals surface area contributed by atoms with E-state index in [1.165, 1.54) is 0 Å². The van der Waals surface area contributed by atoms with Gasteiger partial charge in [0, 0.05) is 29.9 Å². The van der Waals surface area contributed by atoms with Crippen LogP contribution in [0.25, 0.3) is 22.2 Å². The SMILES string of the molecule is Cc1ccccc1Nc1cc(N2C[C@@H](C)O[C@H](C)C2)c2noc3c2c1C(=O)c1ccccc1-3. The van der Waals surface area contributed by atoms with Crippen molar-refractivity contribution in [1.82, 2.24) is 5.16 Å². The van der Waals surface area contributed by atoms with Crippen LogP contribution < -0.4 is 10.2 Å². The van der Waals surface area contributed by atoms with Gasteiger partial charge in [-0.2, -0.15) is 0 Å². The lowest BCUT2D eigenvalue weighted by molar-refractivity contribution is -0.00515. The molecule has 1 saturated heterocycles. The monoisotopic (exact) mass is 439 g/mol. The summed E-state index contributed by atoms with van der Waals surface area (Å²) in [5, 5.41) is 8.80. The van der Waals surface area contributed by atoms with Gasteiger partial charge in [0.25, 0.3) is 0 Å². The fraction of sp³-hybridized carbons (Fsp3) is 0.259. The van der Waals surface area contributed by atoms with Crippen molar-refractivity contribution in [1.29, 1.82) is 0 Å². The Kier molecular flexibility index (Phi) is 4.52. The maximum absolute atomic E-state index is 13.7. The molecule has 1 aromatic heterocycles. The van der Waals surface area contributed by atoms with Crippen molar-refractivity contribution in [3.05, 3.63) is 71.3 Å². The molecule has 2 aliphatic rings. The molecule has 0 bridgehead atoms. The van der Waals surface area contributed by atoms with Gasteiger partial charge < -0.3 is 19.5 Å². The fourth-order valence-corrected chi connectivity index (χ4v) is 5.11. The predicted molar refractivity (Wildman–Crippen MR) is 130 cm³/mol. The van der Waals surface area contributed by atoms with Gasteiger partial charge in [-0.15, -0.1) is 0 Å². The minimum absolute atomic E-state index is 0.0161. The summed E-state index contributed by atoms with van der Waals surface area (Å²) in [5.41, 5.74) is 6.55. The Morgan fingerprint density at radius 1 is 0.970 bits per heavy atom. The average Bonchev–Trinajstić information content (AvgIpc) is 3.24. The summed E-state index contributed by atoms with van der Waals surface area (Å²) in [6.45, 7) is 7.71. The minimum atomic E-state index is -0.0161. The van der Waals surface area contributed by atoms with Crippen molar-refractivity contribution in [2.24, 2.45) is 0 Å². The molecule has 2 atom stereocenters. The summed E-state index contributed by atoms with van der Waals surface area (Å²) in [4.78, 5) is 16.0. The van der Waals surface area contributed by atoms with Gasteiger partial charge >= 0.3 is 0 Å². The summed E-state index contributed by atoms with van der Waals surface area (Å²) in [6.07, 6.45) is 0.191. The third-order valence-electron chi connectivity index (χ3n) is 6.55. The Balaban J connectivity index is 1.62. The lowest BCUT2D eigenvalue weighted by atomic mass is 9.86. The highest BCUT2D eigenvalue weighted by Crippen LogP contribution is 2.46. The summed E-state index contributed by atoms with van der Waals surface area (Å²) in [6, 6.07) is 17.7. The average molecular weight is 440 g/mol. The summed E-state index contributed by atoms with van der Waals surface area (Å²) in [5.74, 6) is 0.636. The Morgan fingerprint density at radius 3 is 2.42 bits per heavy atom. The highest BCUT2D eigenvalue weighted by Gasteiger charge is 2.35. The van der Waals surface area contributed by atoms with Crippen LogP contribution in [0, 0.1) is 6.92 Å². The number of nitrogens with one attached hydrogen (secondary N) is 1. The van der Waals surface area contributed by atoms with Crippen LogP contribution in [-0.4, -0.2) is 36.2 Å². The number of ether oxygens (including phenoxy) is 1. The summed E-state index contributed by atoms with van der Waals surface area (Å²) >= 11 is 0. The molecule has 0 unspecified atom stereocenters. The van der Waals surface area contributed by atoms with E-state index in [1.54, 1.807) is 0 Å². The van der Waals surface area contributed by atoms with E-state index in [0.717, 1.165) is 52.2 Å². The maximum atomic E-state index is 13.7. The van der Waals surface area contributed by atoms with E-state index >= 15 is 0 Å². The predicted octanol–water partition coefficient (Wildman–Crippen LogP) is 5.70. The smallest absolute Gasteiger partial charge is 0.196 e. The molecule has 33 heavy (non-hydrogen) atoms. The molecule has 6 heteroatoms. The van der Waals surface area contributed by atoms with E-state index in [2.05, 4.69) is 42.2 Å². The highest BCUT2D eigenvalue weighted by atomic mass is 16.5. The maximum Gasteiger partial charge on any atom is 0.196 e. The number of aromatic nitrogens is 1. The molecule has 1 fully saturated rings. The number of aryl methyl sites for hydroxylation is 1. The van der Waals surface area contributed by atoms with Gasteiger partial charge in [0.1, 0.15) is 5.52 Å². The molecule has 1 aliphatic carbocycles. The molecule has 0 spiro atoms. The normalized spacial score (nSPS) is 19.6. The van der Waals surface area contributed by atoms with E-state index in [1.807, 2.05) is 48.5 Å². The number of anilines is 3. The molecule has 166 valence electrons. The Morgan fingerprint density at radius 2 is 1.67 bits per heavy atom. The van der Waals surface area contributed by atoms with E-state index in [9.17, 15) is 4.79 Å². The van der Waals surface area contributed by atoms with Crippen LogP contribution in [0.2, 0.25) is 0 Å². The number of carbonyl (C=O) groups is 1. The molecule has 4 aromatic rings. The molecule has 3 aromatic carbocycles. The van der Waals surface area contributed by atoms with Crippen LogP contribution in [0.4, 0.5) is 17.1 Å². The van der Waals surface area contributed by atoms with Crippen molar-refractivity contribution in [3.63, 3.8) is 0 Å². The molecule has 6 rings (SSSR count). The third kappa shape index (κ3) is 3.13. The highest BCUT2D eigenvalue weighted by molar-refractivity contribution is 6.28. The number of ketones is 1. The largest absolute Gasteiger partial charge is 0.372 e. The van der Waals surface area contributed by atoms with E-state index in [0.29, 0.717) is 16.9 Å². The second-order valence-electron chi connectivity index (χ2n) is 9.03. The number of benzene rings is 3. The first-order valence-electron chi connectivity index (χ1n) is 11.3. The van der Waals surface area contributed by atoms with Crippen molar-refractivity contribution in [3.8, 4) is 11.3 Å². The van der Waals surface area contributed by atoms with E-state index in [4.69, 9.17) is 9.26 Å². The van der Waals surface area contributed by atoms with E-state index < -0.39 is 0 Å². The number of rotatable bonds is 3. The first-order chi connectivity index (χ1) is 16.0. The van der Waals surface area contributed by atoms with Gasteiger partial charge in [-0.1, -0.05) is 47.6 Å². The van der Waals surface area contributed by atoms with Gasteiger partial charge in [-0.25, -0.2) is 0 Å². The number of carbonyl (C=O) groups excluding carboxylic acids is 1. The molecule has 6 nitrogen and oxygen atoms in total. The number of para-hydroxylation sites is 1. The minimum Gasteiger partial charge on any atom is -0.372 e. The third-order valence-corrected chi connectivity index (χ3v) is 6.55. The number of hydrogen-bond donors (Lipinski definition) is 1. The molecular formula is C27H25N3O3. The van der Waals surface area contributed by atoms with Crippen LogP contribution in [0.3, 0.4) is 0 Å². The first kappa shape index (κ1) is 20.0. The summed E-state index contributed by atoms with van der Waals surface area (Å²) in [7, 11) is 0. The van der Waals surface area contributed by atoms with Gasteiger partial charge in [0.15, 0.2) is 11.5 Å². The zero-order valence-corrected chi connectivity index (χ0v) is 18.9. The fourth-order valence-electron chi connectivity index (χ4n) is 5.11. The lowest BCUT2D eigenvalue weighted by Crippen LogP contribution is -2.45. The number of nitrogens with zero attached hydrogens (tertiary/aromatic N) is 2. The standard InChI is InChI=1S/C27H25N3O3/c1-15-8-4-7-11-20(15)28-21-12-22(30-13-16(2)32-17(3)14-30)25-24-23(21)26(31)18-9-5-6-10-19(18)27(24)33-29-25/h4-12,16-17,28H,13-14H2,1-3H3/t16-,17-/m1/s1. The molecule has 2 heterocycles. The van der Waals surface area contributed by atoms with Gasteiger partial charge in [0.05, 0.1) is 34.5 Å². The van der Waals surface area contributed by atoms with Crippen LogP contribution in [0.15, 0.2) is 59.1 Å².